The summed E-state index contributed by atoms with van der Waals surface area (Å²) in [6.07, 6.45) is 8.04. The SMILES string of the molecule is O=CC1CCCN(CCc2ccncc2)C1. The van der Waals surface area contributed by atoms with E-state index in [9.17, 15) is 4.79 Å². The van der Waals surface area contributed by atoms with Crippen molar-refractivity contribution in [3.63, 3.8) is 0 Å². The van der Waals surface area contributed by atoms with Crippen LogP contribution in [0.5, 0.6) is 0 Å². The summed E-state index contributed by atoms with van der Waals surface area (Å²) in [5.74, 6) is 0.256. The molecule has 0 N–H and O–H groups in total. The van der Waals surface area contributed by atoms with Crippen LogP contribution in [0.1, 0.15) is 18.4 Å². The first-order valence-electron chi connectivity index (χ1n) is 5.95. The van der Waals surface area contributed by atoms with E-state index in [1.165, 1.54) is 5.56 Å². The zero-order valence-corrected chi connectivity index (χ0v) is 9.51. The van der Waals surface area contributed by atoms with Gasteiger partial charge in [0.1, 0.15) is 6.29 Å². The normalized spacial score (nSPS) is 21.9. The Morgan fingerprint density at radius 3 is 3.00 bits per heavy atom. The van der Waals surface area contributed by atoms with Crippen molar-refractivity contribution in [2.45, 2.75) is 19.3 Å². The number of aldehydes is 1. The van der Waals surface area contributed by atoms with Crippen molar-refractivity contribution in [1.82, 2.24) is 9.88 Å². The van der Waals surface area contributed by atoms with Crippen LogP contribution in [-0.2, 0) is 11.2 Å². The van der Waals surface area contributed by atoms with Crippen LogP contribution in [0, 0.1) is 5.92 Å². The molecule has 86 valence electrons. The van der Waals surface area contributed by atoms with Gasteiger partial charge in [-0.15, -0.1) is 0 Å². The van der Waals surface area contributed by atoms with Gasteiger partial charge in [0.25, 0.3) is 0 Å². The summed E-state index contributed by atoms with van der Waals surface area (Å²) in [5.41, 5.74) is 1.32. The Bertz CT molecular complexity index is 326. The summed E-state index contributed by atoms with van der Waals surface area (Å²) in [6.45, 7) is 3.12. The van der Waals surface area contributed by atoms with Gasteiger partial charge < -0.3 is 9.69 Å². The van der Waals surface area contributed by atoms with Gasteiger partial charge in [-0.25, -0.2) is 0 Å². The first-order valence-corrected chi connectivity index (χ1v) is 5.95. The lowest BCUT2D eigenvalue weighted by Crippen LogP contribution is -2.37. The highest BCUT2D eigenvalue weighted by Gasteiger charge is 2.18. The Labute approximate surface area is 96.5 Å². The van der Waals surface area contributed by atoms with E-state index in [-0.39, 0.29) is 5.92 Å². The number of carbonyl (C=O) groups excluding carboxylic acids is 1. The Hall–Kier alpha value is -1.22. The fraction of sp³-hybridized carbons (Fsp3) is 0.538. The predicted molar refractivity (Wildman–Crippen MR) is 63.2 cm³/mol. The summed E-state index contributed by atoms with van der Waals surface area (Å²) < 4.78 is 0. The van der Waals surface area contributed by atoms with Crippen molar-refractivity contribution in [1.29, 1.82) is 0 Å². The van der Waals surface area contributed by atoms with Crippen molar-refractivity contribution >= 4 is 6.29 Å². The van der Waals surface area contributed by atoms with Gasteiger partial charge in [0.2, 0.25) is 0 Å². The monoisotopic (exact) mass is 218 g/mol. The summed E-state index contributed by atoms with van der Waals surface area (Å²) in [4.78, 5) is 17.1. The molecule has 0 saturated carbocycles. The van der Waals surface area contributed by atoms with Gasteiger partial charge in [-0.05, 0) is 43.5 Å². The highest BCUT2D eigenvalue weighted by atomic mass is 16.1. The lowest BCUT2D eigenvalue weighted by Gasteiger charge is -2.29. The Morgan fingerprint density at radius 2 is 2.25 bits per heavy atom. The van der Waals surface area contributed by atoms with Crippen LogP contribution in [0.3, 0.4) is 0 Å². The second kappa shape index (κ2) is 5.75. The largest absolute Gasteiger partial charge is 0.303 e. The molecule has 1 aromatic rings. The number of hydrogen-bond acceptors (Lipinski definition) is 3. The van der Waals surface area contributed by atoms with Crippen molar-refractivity contribution in [3.8, 4) is 0 Å². The molecule has 16 heavy (non-hydrogen) atoms. The van der Waals surface area contributed by atoms with E-state index in [1.807, 2.05) is 12.4 Å². The first kappa shape index (κ1) is 11.3. The highest BCUT2D eigenvalue weighted by molar-refractivity contribution is 5.53. The average molecular weight is 218 g/mol. The zero-order valence-electron chi connectivity index (χ0n) is 9.51. The molecule has 1 atom stereocenters. The van der Waals surface area contributed by atoms with E-state index in [2.05, 4.69) is 22.0 Å². The molecule has 1 aliphatic rings. The second-order valence-corrected chi connectivity index (χ2v) is 4.44. The molecular formula is C13H18N2O. The smallest absolute Gasteiger partial charge is 0.124 e. The fourth-order valence-electron chi connectivity index (χ4n) is 2.24. The predicted octanol–water partition coefficient (Wildman–Crippen LogP) is 1.54. The van der Waals surface area contributed by atoms with Gasteiger partial charge in [-0.2, -0.15) is 0 Å². The number of pyridine rings is 1. The maximum Gasteiger partial charge on any atom is 0.124 e. The number of hydrogen-bond donors (Lipinski definition) is 0. The van der Waals surface area contributed by atoms with Gasteiger partial charge >= 0.3 is 0 Å². The lowest BCUT2D eigenvalue weighted by atomic mass is 9.99. The molecular weight excluding hydrogens is 200 g/mol. The Morgan fingerprint density at radius 1 is 1.44 bits per heavy atom. The van der Waals surface area contributed by atoms with Crippen LogP contribution >= 0.6 is 0 Å². The lowest BCUT2D eigenvalue weighted by molar-refractivity contribution is -0.112. The molecule has 2 heterocycles. The molecule has 0 aliphatic carbocycles. The van der Waals surface area contributed by atoms with Crippen LogP contribution in [0.2, 0.25) is 0 Å². The van der Waals surface area contributed by atoms with E-state index >= 15 is 0 Å². The zero-order chi connectivity index (χ0) is 11.2. The van der Waals surface area contributed by atoms with Gasteiger partial charge in [-0.3, -0.25) is 4.98 Å². The van der Waals surface area contributed by atoms with Gasteiger partial charge in [0.05, 0.1) is 0 Å². The Kier molecular flexibility index (Phi) is 4.05. The maximum absolute atomic E-state index is 10.7. The second-order valence-electron chi connectivity index (χ2n) is 4.44. The molecule has 0 spiro atoms. The van der Waals surface area contributed by atoms with Crippen molar-refractivity contribution < 1.29 is 4.79 Å². The quantitative estimate of drug-likeness (QED) is 0.719. The summed E-state index contributed by atoms with van der Waals surface area (Å²) >= 11 is 0. The number of carbonyl (C=O) groups is 1. The van der Waals surface area contributed by atoms with E-state index in [4.69, 9.17) is 0 Å². The minimum atomic E-state index is 0.256. The molecule has 1 saturated heterocycles. The van der Waals surface area contributed by atoms with Crippen LogP contribution in [-0.4, -0.2) is 35.8 Å². The summed E-state index contributed by atoms with van der Waals surface area (Å²) in [5, 5.41) is 0. The third kappa shape index (κ3) is 3.14. The van der Waals surface area contributed by atoms with Crippen molar-refractivity contribution in [2.75, 3.05) is 19.6 Å². The third-order valence-corrected chi connectivity index (χ3v) is 3.20. The minimum Gasteiger partial charge on any atom is -0.303 e. The minimum absolute atomic E-state index is 0.256. The molecule has 1 unspecified atom stereocenters. The van der Waals surface area contributed by atoms with Gasteiger partial charge in [0, 0.05) is 31.4 Å². The first-order chi connectivity index (χ1) is 7.88. The van der Waals surface area contributed by atoms with Crippen LogP contribution in [0.25, 0.3) is 0 Å². The number of aromatic nitrogens is 1. The molecule has 3 heteroatoms. The molecule has 0 bridgehead atoms. The topological polar surface area (TPSA) is 33.2 Å². The van der Waals surface area contributed by atoms with Crippen molar-refractivity contribution in [2.24, 2.45) is 5.92 Å². The molecule has 3 nitrogen and oxygen atoms in total. The number of likely N-dealkylation sites (tertiary alicyclic amines) is 1. The van der Waals surface area contributed by atoms with E-state index < -0.39 is 0 Å². The van der Waals surface area contributed by atoms with E-state index in [1.54, 1.807) is 0 Å². The third-order valence-electron chi connectivity index (χ3n) is 3.20. The fourth-order valence-corrected chi connectivity index (χ4v) is 2.24. The van der Waals surface area contributed by atoms with Crippen LogP contribution < -0.4 is 0 Å². The molecule has 1 aromatic heterocycles. The van der Waals surface area contributed by atoms with Gasteiger partial charge in [0.15, 0.2) is 0 Å². The van der Waals surface area contributed by atoms with E-state index in [0.717, 1.165) is 45.2 Å². The van der Waals surface area contributed by atoms with Crippen LogP contribution in [0.15, 0.2) is 24.5 Å². The molecule has 0 aromatic carbocycles. The molecule has 0 amide bonds. The van der Waals surface area contributed by atoms with Gasteiger partial charge in [-0.1, -0.05) is 0 Å². The highest BCUT2D eigenvalue weighted by Crippen LogP contribution is 2.14. The molecule has 0 radical (unpaired) electrons. The summed E-state index contributed by atoms with van der Waals surface area (Å²) in [7, 11) is 0. The maximum atomic E-state index is 10.7. The van der Waals surface area contributed by atoms with E-state index in [0.29, 0.717) is 0 Å². The van der Waals surface area contributed by atoms with Crippen molar-refractivity contribution in [3.05, 3.63) is 30.1 Å². The number of piperidine rings is 1. The summed E-state index contributed by atoms with van der Waals surface area (Å²) in [6, 6.07) is 4.11. The number of nitrogens with zero attached hydrogens (tertiary/aromatic N) is 2. The molecule has 1 aliphatic heterocycles. The molecule has 1 fully saturated rings. The average Bonchev–Trinajstić information content (AvgIpc) is 2.38. The van der Waals surface area contributed by atoms with Crippen LogP contribution in [0.4, 0.5) is 0 Å². The Balaban J connectivity index is 1.79. The number of rotatable bonds is 4. The molecule has 2 rings (SSSR count). The standard InChI is InChI=1S/C13H18N2O/c16-11-13-2-1-8-15(10-13)9-5-12-3-6-14-7-4-12/h3-4,6-7,11,13H,1-2,5,8-10H2.